The maximum atomic E-state index is 13.6. The van der Waals surface area contributed by atoms with Gasteiger partial charge in [0, 0.05) is 48.1 Å². The summed E-state index contributed by atoms with van der Waals surface area (Å²) in [6, 6.07) is 28.2. The molecule has 0 aliphatic carbocycles. The number of hydrogen-bond acceptors (Lipinski definition) is 7. The van der Waals surface area contributed by atoms with E-state index in [4.69, 9.17) is 10.5 Å². The summed E-state index contributed by atoms with van der Waals surface area (Å²) < 4.78 is 6.65. The number of nitrogens with zero attached hydrogens (tertiary/aromatic N) is 2. The molecule has 0 radical (unpaired) electrons. The number of ether oxygens (including phenoxy) is 1. The fourth-order valence-corrected chi connectivity index (χ4v) is 5.79. The molecule has 0 aromatic heterocycles. The van der Waals surface area contributed by atoms with E-state index < -0.39 is 6.03 Å². The van der Waals surface area contributed by atoms with E-state index in [0.717, 1.165) is 5.56 Å². The van der Waals surface area contributed by atoms with Crippen LogP contribution in [0.1, 0.15) is 35.3 Å². The number of nitrogens with one attached hydrogen (secondary N) is 3. The molecule has 4 amide bonds. The normalized spacial score (nSPS) is 16.8. The van der Waals surface area contributed by atoms with Crippen LogP contribution in [-0.4, -0.2) is 71.6 Å². The van der Waals surface area contributed by atoms with Crippen molar-refractivity contribution in [2.75, 3.05) is 48.4 Å². The molecule has 11 heteroatoms. The Balaban J connectivity index is 1.29. The zero-order chi connectivity index (χ0) is 34.9. The fraction of sp³-hybridized carbons (Fsp3) is 0.289. The number of urea groups is 1. The molecule has 0 saturated carbocycles. The van der Waals surface area contributed by atoms with Crippen LogP contribution in [-0.2, 0) is 17.8 Å². The average molecular weight is 665 g/mol. The van der Waals surface area contributed by atoms with Gasteiger partial charge in [0.2, 0.25) is 5.91 Å². The number of carbonyl (C=O) groups is 3. The molecule has 6 N–H and O–H groups in total. The first-order chi connectivity index (χ1) is 23.6. The molecule has 1 heterocycles. The molecular formula is C38H44N6O5. The summed E-state index contributed by atoms with van der Waals surface area (Å²) in [6.07, 6.45) is -0.244. The SMILES string of the molecule is C[C@H]1CN([C@@H](C)CO)C(=O)Cc2cc(NC(=O)Nc3ccccc3)ccc2O[C@@H]1CN(C)Cc1ccc(C(=O)Nc2ccccc2N)cc1. The third-order valence-corrected chi connectivity index (χ3v) is 8.58. The molecule has 49 heavy (non-hydrogen) atoms. The number of benzene rings is 4. The number of rotatable bonds is 10. The van der Waals surface area contributed by atoms with Gasteiger partial charge in [0.15, 0.2) is 0 Å². The molecule has 0 spiro atoms. The highest BCUT2D eigenvalue weighted by molar-refractivity contribution is 6.05. The van der Waals surface area contributed by atoms with Gasteiger partial charge in [-0.1, -0.05) is 49.4 Å². The Kier molecular flexibility index (Phi) is 11.5. The van der Waals surface area contributed by atoms with Crippen LogP contribution in [0, 0.1) is 5.92 Å². The first-order valence-corrected chi connectivity index (χ1v) is 16.4. The smallest absolute Gasteiger partial charge is 0.323 e. The van der Waals surface area contributed by atoms with E-state index in [-0.39, 0.29) is 42.9 Å². The van der Waals surface area contributed by atoms with Gasteiger partial charge in [-0.2, -0.15) is 0 Å². The maximum Gasteiger partial charge on any atom is 0.323 e. The topological polar surface area (TPSA) is 149 Å². The standard InChI is InChI=1S/C38H44N6O5/c1-25-21-44(26(2)24-45)36(46)20-29-19-31(41-38(48)40-30-9-5-4-6-10-30)17-18-34(29)49-35(25)23-43(3)22-27-13-15-28(16-14-27)37(47)42-33-12-8-7-11-32(33)39/h4-19,25-26,35,45H,20-24,39H2,1-3H3,(H,42,47)(H2,40,41,48)/t25-,26-,35+/m0/s1. The maximum absolute atomic E-state index is 13.6. The molecule has 0 saturated heterocycles. The number of nitrogen functional groups attached to an aromatic ring is 1. The van der Waals surface area contributed by atoms with E-state index in [9.17, 15) is 19.5 Å². The highest BCUT2D eigenvalue weighted by Crippen LogP contribution is 2.29. The van der Waals surface area contributed by atoms with Crippen molar-refractivity contribution < 1.29 is 24.2 Å². The van der Waals surface area contributed by atoms with E-state index in [1.54, 1.807) is 59.5 Å². The highest BCUT2D eigenvalue weighted by atomic mass is 16.5. The predicted molar refractivity (Wildman–Crippen MR) is 193 cm³/mol. The van der Waals surface area contributed by atoms with Crippen LogP contribution in [0.15, 0.2) is 97.1 Å². The Labute approximate surface area is 287 Å². The lowest BCUT2D eigenvalue weighted by Crippen LogP contribution is -2.47. The van der Waals surface area contributed by atoms with Gasteiger partial charge in [0.1, 0.15) is 11.9 Å². The van der Waals surface area contributed by atoms with Gasteiger partial charge < -0.3 is 36.4 Å². The number of anilines is 4. The molecular weight excluding hydrogens is 620 g/mol. The summed E-state index contributed by atoms with van der Waals surface area (Å²) in [5.74, 6) is 0.130. The first-order valence-electron chi connectivity index (χ1n) is 16.4. The van der Waals surface area contributed by atoms with Crippen LogP contribution < -0.4 is 26.4 Å². The number of nitrogens with two attached hydrogens (primary N) is 1. The van der Waals surface area contributed by atoms with Gasteiger partial charge in [-0.3, -0.25) is 14.5 Å². The highest BCUT2D eigenvalue weighted by Gasteiger charge is 2.31. The summed E-state index contributed by atoms with van der Waals surface area (Å²) in [4.78, 5) is 42.9. The largest absolute Gasteiger partial charge is 0.488 e. The molecule has 0 fully saturated rings. The van der Waals surface area contributed by atoms with E-state index in [1.807, 2.05) is 63.4 Å². The van der Waals surface area contributed by atoms with Gasteiger partial charge in [-0.15, -0.1) is 0 Å². The van der Waals surface area contributed by atoms with E-state index in [2.05, 4.69) is 20.9 Å². The molecule has 256 valence electrons. The lowest BCUT2D eigenvalue weighted by Gasteiger charge is -2.34. The zero-order valence-electron chi connectivity index (χ0n) is 28.1. The zero-order valence-corrected chi connectivity index (χ0v) is 28.1. The number of hydrogen-bond donors (Lipinski definition) is 5. The lowest BCUT2D eigenvalue weighted by atomic mass is 10.0. The second kappa shape index (κ2) is 16.1. The molecule has 4 aromatic rings. The lowest BCUT2D eigenvalue weighted by molar-refractivity contribution is -0.134. The van der Waals surface area contributed by atoms with Crippen molar-refractivity contribution in [1.82, 2.24) is 9.80 Å². The van der Waals surface area contributed by atoms with Crippen molar-refractivity contribution >= 4 is 40.6 Å². The molecule has 4 aromatic carbocycles. The van der Waals surface area contributed by atoms with E-state index in [0.29, 0.717) is 59.3 Å². The summed E-state index contributed by atoms with van der Waals surface area (Å²) in [5, 5.41) is 18.5. The van der Waals surface area contributed by atoms with Gasteiger partial charge in [-0.05, 0) is 74.1 Å². The Morgan fingerprint density at radius 1 is 0.959 bits per heavy atom. The predicted octanol–water partition coefficient (Wildman–Crippen LogP) is 5.45. The first kappa shape index (κ1) is 34.9. The van der Waals surface area contributed by atoms with Gasteiger partial charge in [-0.25, -0.2) is 4.79 Å². The van der Waals surface area contributed by atoms with Crippen molar-refractivity contribution in [2.24, 2.45) is 5.92 Å². The Morgan fingerprint density at radius 3 is 2.37 bits per heavy atom. The van der Waals surface area contributed by atoms with Crippen molar-refractivity contribution in [3.05, 3.63) is 114 Å². The minimum absolute atomic E-state index is 0.0571. The van der Waals surface area contributed by atoms with Crippen LogP contribution in [0.4, 0.5) is 27.5 Å². The second-order valence-electron chi connectivity index (χ2n) is 12.6. The molecule has 5 rings (SSSR count). The Hall–Kier alpha value is -5.39. The van der Waals surface area contributed by atoms with Gasteiger partial charge >= 0.3 is 6.03 Å². The van der Waals surface area contributed by atoms with E-state index in [1.165, 1.54) is 0 Å². The Bertz CT molecular complexity index is 1750. The van der Waals surface area contributed by atoms with Crippen molar-refractivity contribution in [2.45, 2.75) is 39.0 Å². The minimum atomic E-state index is -0.403. The second-order valence-corrected chi connectivity index (χ2v) is 12.6. The third kappa shape index (κ3) is 9.37. The quantitative estimate of drug-likeness (QED) is 0.142. The summed E-state index contributed by atoms with van der Waals surface area (Å²) >= 11 is 0. The van der Waals surface area contributed by atoms with Crippen LogP contribution in [0.3, 0.4) is 0 Å². The molecule has 1 aliphatic heterocycles. The number of carbonyl (C=O) groups excluding carboxylic acids is 3. The van der Waals surface area contributed by atoms with Crippen LogP contribution >= 0.6 is 0 Å². The number of aliphatic hydroxyl groups excluding tert-OH is 1. The molecule has 1 aliphatic rings. The number of likely N-dealkylation sites (N-methyl/N-ethyl adjacent to an activating group) is 1. The van der Waals surface area contributed by atoms with Gasteiger partial charge in [0.05, 0.1) is 30.4 Å². The molecule has 0 unspecified atom stereocenters. The van der Waals surface area contributed by atoms with Crippen LogP contribution in [0.2, 0.25) is 0 Å². The van der Waals surface area contributed by atoms with Crippen molar-refractivity contribution in [3.63, 3.8) is 0 Å². The number of fused-ring (bicyclic) bond motifs is 1. The third-order valence-electron chi connectivity index (χ3n) is 8.58. The summed E-state index contributed by atoms with van der Waals surface area (Å²) in [6.45, 7) is 5.27. The van der Waals surface area contributed by atoms with Crippen LogP contribution in [0.25, 0.3) is 0 Å². The number of aliphatic hydroxyl groups is 1. The molecule has 0 bridgehead atoms. The molecule has 11 nitrogen and oxygen atoms in total. The van der Waals surface area contributed by atoms with Gasteiger partial charge in [0.25, 0.3) is 5.91 Å². The van der Waals surface area contributed by atoms with E-state index >= 15 is 0 Å². The average Bonchev–Trinajstić information content (AvgIpc) is 3.13. The van der Waals surface area contributed by atoms with Crippen molar-refractivity contribution in [3.8, 4) is 5.75 Å². The number of para-hydroxylation sites is 3. The number of amides is 4. The summed E-state index contributed by atoms with van der Waals surface area (Å²) in [7, 11) is 2.00. The summed E-state index contributed by atoms with van der Waals surface area (Å²) in [5.41, 5.74) is 10.4. The molecule has 3 atom stereocenters. The van der Waals surface area contributed by atoms with Crippen molar-refractivity contribution in [1.29, 1.82) is 0 Å². The minimum Gasteiger partial charge on any atom is -0.488 e. The fourth-order valence-electron chi connectivity index (χ4n) is 5.79. The Morgan fingerprint density at radius 2 is 1.65 bits per heavy atom. The monoisotopic (exact) mass is 664 g/mol. The van der Waals surface area contributed by atoms with Crippen LogP contribution in [0.5, 0.6) is 5.75 Å².